The van der Waals surface area contributed by atoms with Gasteiger partial charge in [0.15, 0.2) is 0 Å². The Morgan fingerprint density at radius 2 is 1.81 bits per heavy atom. The van der Waals surface area contributed by atoms with Crippen molar-refractivity contribution in [3.05, 3.63) is 70.6 Å². The summed E-state index contributed by atoms with van der Waals surface area (Å²) < 4.78 is 0. The first-order valence-electron chi connectivity index (χ1n) is 10.4. The molecule has 32 heavy (non-hydrogen) atoms. The maximum absolute atomic E-state index is 12.6. The fourth-order valence-corrected chi connectivity index (χ4v) is 4.55. The van der Waals surface area contributed by atoms with Crippen molar-refractivity contribution in [3.8, 4) is 0 Å². The van der Waals surface area contributed by atoms with E-state index in [1.54, 1.807) is 11.0 Å². The standard InChI is InChI=1S/C24H23N3O4S/c1-16-7-9-19(10-8-16)27-15-18(14-21(27)28)22(29)25-11-12-26-23(30)20(32-24(26)31)13-17-5-3-2-4-6-17/h2-10,13,18H,11-12,14-15H2,1H3,(H,25,29)/b20-13-/t18-/m1/s1. The summed E-state index contributed by atoms with van der Waals surface area (Å²) in [4.78, 5) is 52.9. The quantitative estimate of drug-likeness (QED) is 0.685. The number of carbonyl (C=O) groups excluding carboxylic acids is 4. The lowest BCUT2D eigenvalue weighted by atomic mass is 10.1. The number of benzene rings is 2. The summed E-state index contributed by atoms with van der Waals surface area (Å²) in [7, 11) is 0. The van der Waals surface area contributed by atoms with Gasteiger partial charge in [-0.3, -0.25) is 24.1 Å². The number of hydrogen-bond acceptors (Lipinski definition) is 5. The van der Waals surface area contributed by atoms with Crippen LogP contribution in [0.4, 0.5) is 10.5 Å². The molecule has 2 aromatic carbocycles. The van der Waals surface area contributed by atoms with E-state index in [4.69, 9.17) is 0 Å². The van der Waals surface area contributed by atoms with Crippen molar-refractivity contribution in [1.82, 2.24) is 10.2 Å². The summed E-state index contributed by atoms with van der Waals surface area (Å²) in [5, 5.41) is 2.41. The van der Waals surface area contributed by atoms with E-state index in [-0.39, 0.29) is 42.5 Å². The molecule has 4 rings (SSSR count). The van der Waals surface area contributed by atoms with Crippen molar-refractivity contribution in [2.45, 2.75) is 13.3 Å². The molecule has 7 nitrogen and oxygen atoms in total. The number of nitrogens with one attached hydrogen (secondary N) is 1. The molecule has 0 spiro atoms. The van der Waals surface area contributed by atoms with E-state index in [2.05, 4.69) is 5.32 Å². The van der Waals surface area contributed by atoms with Crippen LogP contribution in [0.5, 0.6) is 0 Å². The first-order chi connectivity index (χ1) is 15.4. The zero-order valence-corrected chi connectivity index (χ0v) is 18.4. The number of anilines is 1. The zero-order valence-electron chi connectivity index (χ0n) is 17.6. The largest absolute Gasteiger partial charge is 0.354 e. The highest BCUT2D eigenvalue weighted by molar-refractivity contribution is 8.18. The van der Waals surface area contributed by atoms with Crippen LogP contribution in [-0.2, 0) is 14.4 Å². The van der Waals surface area contributed by atoms with Crippen molar-refractivity contribution in [1.29, 1.82) is 0 Å². The molecule has 4 amide bonds. The molecular formula is C24H23N3O4S. The second-order valence-corrected chi connectivity index (χ2v) is 8.77. The summed E-state index contributed by atoms with van der Waals surface area (Å²) in [5.74, 6) is -1.16. The lowest BCUT2D eigenvalue weighted by Gasteiger charge is -2.17. The molecule has 1 atom stereocenters. The van der Waals surface area contributed by atoms with Gasteiger partial charge < -0.3 is 10.2 Å². The molecule has 2 heterocycles. The van der Waals surface area contributed by atoms with Crippen LogP contribution in [0.25, 0.3) is 6.08 Å². The van der Waals surface area contributed by atoms with Crippen molar-refractivity contribution >= 4 is 46.5 Å². The number of amides is 4. The molecule has 1 N–H and O–H groups in total. The monoisotopic (exact) mass is 449 g/mol. The lowest BCUT2D eigenvalue weighted by Crippen LogP contribution is -2.40. The van der Waals surface area contributed by atoms with Gasteiger partial charge in [-0.1, -0.05) is 48.0 Å². The Hall–Kier alpha value is -3.39. The first kappa shape index (κ1) is 21.8. The maximum Gasteiger partial charge on any atom is 0.293 e. The summed E-state index contributed by atoms with van der Waals surface area (Å²) in [5.41, 5.74) is 2.72. The molecule has 2 aliphatic heterocycles. The highest BCUT2D eigenvalue weighted by atomic mass is 32.2. The minimum atomic E-state index is -0.461. The molecule has 0 radical (unpaired) electrons. The van der Waals surface area contributed by atoms with Crippen LogP contribution in [0.2, 0.25) is 0 Å². The van der Waals surface area contributed by atoms with Gasteiger partial charge in [0.1, 0.15) is 0 Å². The number of carbonyl (C=O) groups is 4. The van der Waals surface area contributed by atoms with E-state index in [0.717, 1.165) is 33.5 Å². The van der Waals surface area contributed by atoms with Crippen molar-refractivity contribution < 1.29 is 19.2 Å². The highest BCUT2D eigenvalue weighted by Crippen LogP contribution is 2.32. The third kappa shape index (κ3) is 4.75. The number of thioether (sulfide) groups is 1. The summed E-state index contributed by atoms with van der Waals surface area (Å²) >= 11 is 0.894. The zero-order chi connectivity index (χ0) is 22.7. The van der Waals surface area contributed by atoms with Crippen LogP contribution >= 0.6 is 11.8 Å². The van der Waals surface area contributed by atoms with E-state index >= 15 is 0 Å². The molecule has 2 aliphatic rings. The Morgan fingerprint density at radius 3 is 2.53 bits per heavy atom. The number of rotatable bonds is 6. The molecule has 0 aliphatic carbocycles. The van der Waals surface area contributed by atoms with Crippen LogP contribution in [0.15, 0.2) is 59.5 Å². The van der Waals surface area contributed by atoms with Gasteiger partial charge in [-0.05, 0) is 42.5 Å². The van der Waals surface area contributed by atoms with Gasteiger partial charge in [-0.15, -0.1) is 0 Å². The van der Waals surface area contributed by atoms with Crippen LogP contribution in [-0.4, -0.2) is 47.5 Å². The van der Waals surface area contributed by atoms with Crippen LogP contribution in [0.1, 0.15) is 17.5 Å². The fraction of sp³-hybridized carbons (Fsp3) is 0.250. The van der Waals surface area contributed by atoms with Crippen molar-refractivity contribution in [3.63, 3.8) is 0 Å². The third-order valence-corrected chi connectivity index (χ3v) is 6.35. The molecule has 0 bridgehead atoms. The predicted octanol–water partition coefficient (Wildman–Crippen LogP) is 3.20. The van der Waals surface area contributed by atoms with Gasteiger partial charge in [0.2, 0.25) is 11.8 Å². The molecule has 8 heteroatoms. The van der Waals surface area contributed by atoms with Gasteiger partial charge >= 0.3 is 0 Å². The molecule has 2 saturated heterocycles. The highest BCUT2D eigenvalue weighted by Gasteiger charge is 2.36. The van der Waals surface area contributed by atoms with Gasteiger partial charge in [0, 0.05) is 31.7 Å². The Kier molecular flexibility index (Phi) is 6.41. The fourth-order valence-electron chi connectivity index (χ4n) is 3.69. The topological polar surface area (TPSA) is 86.8 Å². The summed E-state index contributed by atoms with van der Waals surface area (Å²) in [6, 6.07) is 16.9. The first-order valence-corrected chi connectivity index (χ1v) is 11.2. The smallest absolute Gasteiger partial charge is 0.293 e. The number of aryl methyl sites for hydroxylation is 1. The van der Waals surface area contributed by atoms with Crippen LogP contribution in [0.3, 0.4) is 0 Å². The van der Waals surface area contributed by atoms with Gasteiger partial charge in [0.05, 0.1) is 10.8 Å². The number of hydrogen-bond donors (Lipinski definition) is 1. The summed E-state index contributed by atoms with van der Waals surface area (Å²) in [6.07, 6.45) is 1.83. The van der Waals surface area contributed by atoms with E-state index in [9.17, 15) is 19.2 Å². The van der Waals surface area contributed by atoms with Gasteiger partial charge in [-0.25, -0.2) is 0 Å². The number of nitrogens with zero attached hydrogens (tertiary/aromatic N) is 2. The maximum atomic E-state index is 12.6. The van der Waals surface area contributed by atoms with Crippen molar-refractivity contribution in [2.24, 2.45) is 5.92 Å². The minimum absolute atomic E-state index is 0.0882. The van der Waals surface area contributed by atoms with Crippen LogP contribution < -0.4 is 10.2 Å². The molecule has 0 saturated carbocycles. The molecule has 0 unspecified atom stereocenters. The molecule has 164 valence electrons. The van der Waals surface area contributed by atoms with E-state index in [1.165, 1.54) is 0 Å². The number of imide groups is 1. The second-order valence-electron chi connectivity index (χ2n) is 7.78. The van der Waals surface area contributed by atoms with E-state index in [0.29, 0.717) is 11.4 Å². The Morgan fingerprint density at radius 1 is 1.09 bits per heavy atom. The van der Waals surface area contributed by atoms with E-state index in [1.807, 2.05) is 61.5 Å². The molecule has 2 aromatic rings. The van der Waals surface area contributed by atoms with Crippen molar-refractivity contribution in [2.75, 3.05) is 24.5 Å². The van der Waals surface area contributed by atoms with Gasteiger partial charge in [0.25, 0.3) is 11.1 Å². The summed E-state index contributed by atoms with van der Waals surface area (Å²) in [6.45, 7) is 2.52. The Balaban J connectivity index is 1.30. The predicted molar refractivity (Wildman–Crippen MR) is 124 cm³/mol. The molecule has 0 aromatic heterocycles. The normalized spacial score (nSPS) is 19.8. The second kappa shape index (κ2) is 9.40. The molecular weight excluding hydrogens is 426 g/mol. The van der Waals surface area contributed by atoms with E-state index < -0.39 is 5.92 Å². The SMILES string of the molecule is Cc1ccc(N2C[C@H](C(=O)NCCN3C(=O)S/C(=C\c4ccccc4)C3=O)CC2=O)cc1. The van der Waals surface area contributed by atoms with Gasteiger partial charge in [-0.2, -0.15) is 0 Å². The average molecular weight is 450 g/mol. The third-order valence-electron chi connectivity index (χ3n) is 5.45. The Labute approximate surface area is 190 Å². The Bertz CT molecular complexity index is 1080. The van der Waals surface area contributed by atoms with Crippen LogP contribution in [0, 0.1) is 12.8 Å². The minimum Gasteiger partial charge on any atom is -0.354 e. The average Bonchev–Trinajstić information content (AvgIpc) is 3.29. The lowest BCUT2D eigenvalue weighted by molar-refractivity contribution is -0.127. The molecule has 2 fully saturated rings.